The summed E-state index contributed by atoms with van der Waals surface area (Å²) >= 11 is 0. The minimum atomic E-state index is -0.228. The van der Waals surface area contributed by atoms with Gasteiger partial charge in [-0.2, -0.15) is 0 Å². The first-order valence-corrected chi connectivity index (χ1v) is 7.59. The number of para-hydroxylation sites is 2. The van der Waals surface area contributed by atoms with E-state index in [1.165, 1.54) is 0 Å². The summed E-state index contributed by atoms with van der Waals surface area (Å²) in [6, 6.07) is 16.7. The Hall–Kier alpha value is -3.08. The number of amides is 1. The third-order valence-corrected chi connectivity index (χ3v) is 3.54. The van der Waals surface area contributed by atoms with Gasteiger partial charge in [-0.25, -0.2) is 4.98 Å². The van der Waals surface area contributed by atoms with Gasteiger partial charge in [0.1, 0.15) is 17.0 Å². The number of pyridine rings is 1. The molecule has 0 saturated carbocycles. The quantitative estimate of drug-likeness (QED) is 0.780. The van der Waals surface area contributed by atoms with Crippen molar-refractivity contribution in [3.05, 3.63) is 60.3 Å². The van der Waals surface area contributed by atoms with E-state index in [2.05, 4.69) is 10.3 Å². The fraction of sp³-hybridized carbons (Fsp3) is 0.158. The summed E-state index contributed by atoms with van der Waals surface area (Å²) in [4.78, 5) is 16.7. The van der Waals surface area contributed by atoms with Crippen molar-refractivity contribution in [1.82, 2.24) is 4.98 Å². The molecule has 1 N–H and O–H groups in total. The van der Waals surface area contributed by atoms with Gasteiger partial charge in [-0.05, 0) is 31.2 Å². The van der Waals surface area contributed by atoms with E-state index in [9.17, 15) is 4.79 Å². The van der Waals surface area contributed by atoms with Crippen LogP contribution in [0.5, 0.6) is 11.5 Å². The number of fused-ring (bicyclic) bond motifs is 1. The number of hydrogen-bond acceptors (Lipinski definition) is 4. The number of methoxy groups -OCH3 is 1. The average Bonchev–Trinajstić information content (AvgIpc) is 2.60. The number of ether oxygens (including phenoxy) is 2. The lowest BCUT2D eigenvalue weighted by atomic mass is 10.1. The van der Waals surface area contributed by atoms with Crippen molar-refractivity contribution in [3.63, 3.8) is 0 Å². The lowest BCUT2D eigenvalue weighted by Crippen LogP contribution is -2.20. The number of benzene rings is 2. The van der Waals surface area contributed by atoms with E-state index in [0.29, 0.717) is 17.2 Å². The number of nitrogens with one attached hydrogen (secondary N) is 1. The molecule has 0 saturated heterocycles. The molecule has 0 fully saturated rings. The SMILES string of the molecule is COc1cccc2c(NC(=O)COc3ccccc3)cc(C)nc12. The molecule has 1 heterocycles. The fourth-order valence-electron chi connectivity index (χ4n) is 2.47. The van der Waals surface area contributed by atoms with Gasteiger partial charge in [-0.3, -0.25) is 4.79 Å². The van der Waals surface area contributed by atoms with Crippen molar-refractivity contribution >= 4 is 22.5 Å². The first-order chi connectivity index (χ1) is 11.7. The molecule has 1 amide bonds. The Morgan fingerprint density at radius 3 is 2.67 bits per heavy atom. The fourth-order valence-corrected chi connectivity index (χ4v) is 2.47. The minimum absolute atomic E-state index is 0.0587. The average molecular weight is 322 g/mol. The van der Waals surface area contributed by atoms with Crippen LogP contribution in [0.15, 0.2) is 54.6 Å². The zero-order chi connectivity index (χ0) is 16.9. The van der Waals surface area contributed by atoms with Crippen molar-refractivity contribution < 1.29 is 14.3 Å². The molecule has 2 aromatic carbocycles. The molecule has 0 bridgehead atoms. The summed E-state index contributed by atoms with van der Waals surface area (Å²) in [5, 5.41) is 3.71. The zero-order valence-electron chi connectivity index (χ0n) is 13.6. The number of anilines is 1. The van der Waals surface area contributed by atoms with E-state index in [0.717, 1.165) is 16.6 Å². The van der Waals surface area contributed by atoms with Crippen molar-refractivity contribution in [2.24, 2.45) is 0 Å². The third kappa shape index (κ3) is 3.46. The molecule has 0 spiro atoms. The smallest absolute Gasteiger partial charge is 0.262 e. The Balaban J connectivity index is 1.80. The molecule has 24 heavy (non-hydrogen) atoms. The van der Waals surface area contributed by atoms with Crippen molar-refractivity contribution in [1.29, 1.82) is 0 Å². The first kappa shape index (κ1) is 15.8. The summed E-state index contributed by atoms with van der Waals surface area (Å²) < 4.78 is 10.8. The van der Waals surface area contributed by atoms with Crippen LogP contribution in [0.3, 0.4) is 0 Å². The van der Waals surface area contributed by atoms with Crippen LogP contribution >= 0.6 is 0 Å². The maximum atomic E-state index is 12.2. The number of aromatic nitrogens is 1. The van der Waals surface area contributed by atoms with Crippen LogP contribution in [-0.4, -0.2) is 24.6 Å². The first-order valence-electron chi connectivity index (χ1n) is 7.59. The molecule has 0 aliphatic carbocycles. The number of carbonyl (C=O) groups excluding carboxylic acids is 1. The summed E-state index contributed by atoms with van der Waals surface area (Å²) in [6.45, 7) is 1.82. The van der Waals surface area contributed by atoms with Gasteiger partial charge in [-0.15, -0.1) is 0 Å². The molecule has 0 aliphatic rings. The largest absolute Gasteiger partial charge is 0.494 e. The summed E-state index contributed by atoms with van der Waals surface area (Å²) in [5.74, 6) is 1.10. The van der Waals surface area contributed by atoms with Gasteiger partial charge in [0.2, 0.25) is 0 Å². The summed E-state index contributed by atoms with van der Waals surface area (Å²) in [6.07, 6.45) is 0. The van der Waals surface area contributed by atoms with Crippen molar-refractivity contribution in [3.8, 4) is 11.5 Å². The standard InChI is InChI=1S/C19H18N2O3/c1-13-11-16(15-9-6-10-17(23-2)19(15)20-13)21-18(22)12-24-14-7-4-3-5-8-14/h3-11H,12H2,1-2H3,(H,20,21,22). The molecule has 0 atom stereocenters. The van der Waals surface area contributed by atoms with E-state index in [1.54, 1.807) is 7.11 Å². The summed E-state index contributed by atoms with van der Waals surface area (Å²) in [5.41, 5.74) is 2.21. The minimum Gasteiger partial charge on any atom is -0.494 e. The molecule has 5 heteroatoms. The van der Waals surface area contributed by atoms with Gasteiger partial charge in [-0.1, -0.05) is 30.3 Å². The van der Waals surface area contributed by atoms with Gasteiger partial charge in [0.15, 0.2) is 6.61 Å². The Kier molecular flexibility index (Phi) is 4.61. The number of hydrogen-bond donors (Lipinski definition) is 1. The van der Waals surface area contributed by atoms with Crippen LogP contribution in [0.4, 0.5) is 5.69 Å². The molecule has 1 aromatic heterocycles. The third-order valence-electron chi connectivity index (χ3n) is 3.54. The van der Waals surface area contributed by atoms with Crippen molar-refractivity contribution in [2.75, 3.05) is 19.0 Å². The number of rotatable bonds is 5. The van der Waals surface area contributed by atoms with E-state index < -0.39 is 0 Å². The highest BCUT2D eigenvalue weighted by molar-refractivity contribution is 6.03. The van der Waals surface area contributed by atoms with Crippen LogP contribution in [0.2, 0.25) is 0 Å². The van der Waals surface area contributed by atoms with E-state index in [-0.39, 0.29) is 12.5 Å². The molecule has 0 aliphatic heterocycles. The molecule has 5 nitrogen and oxygen atoms in total. The molecular formula is C19H18N2O3. The molecular weight excluding hydrogens is 304 g/mol. The number of aryl methyl sites for hydroxylation is 1. The van der Waals surface area contributed by atoms with E-state index in [1.807, 2.05) is 61.5 Å². The predicted octanol–water partition coefficient (Wildman–Crippen LogP) is 3.57. The van der Waals surface area contributed by atoms with Crippen molar-refractivity contribution in [2.45, 2.75) is 6.92 Å². The van der Waals surface area contributed by atoms with Gasteiger partial charge < -0.3 is 14.8 Å². The maximum absolute atomic E-state index is 12.2. The molecule has 0 radical (unpaired) electrons. The maximum Gasteiger partial charge on any atom is 0.262 e. The van der Waals surface area contributed by atoms with E-state index >= 15 is 0 Å². The Morgan fingerprint density at radius 2 is 1.92 bits per heavy atom. The van der Waals surface area contributed by atoms with Gasteiger partial charge in [0.05, 0.1) is 12.8 Å². The van der Waals surface area contributed by atoms with Crippen LogP contribution in [-0.2, 0) is 4.79 Å². The normalized spacial score (nSPS) is 10.4. The molecule has 3 aromatic rings. The summed E-state index contributed by atoms with van der Waals surface area (Å²) in [7, 11) is 1.60. The lowest BCUT2D eigenvalue weighted by Gasteiger charge is -2.12. The van der Waals surface area contributed by atoms with Gasteiger partial charge in [0.25, 0.3) is 5.91 Å². The molecule has 0 unspecified atom stereocenters. The molecule has 3 rings (SSSR count). The number of carbonyl (C=O) groups is 1. The Bertz CT molecular complexity index is 863. The van der Waals surface area contributed by atoms with Crippen LogP contribution < -0.4 is 14.8 Å². The second-order valence-corrected chi connectivity index (χ2v) is 5.32. The van der Waals surface area contributed by atoms with Crippen LogP contribution in [0.25, 0.3) is 10.9 Å². The van der Waals surface area contributed by atoms with Gasteiger partial charge >= 0.3 is 0 Å². The topological polar surface area (TPSA) is 60.5 Å². The highest BCUT2D eigenvalue weighted by Crippen LogP contribution is 2.29. The van der Waals surface area contributed by atoms with Gasteiger partial charge in [0, 0.05) is 11.1 Å². The monoisotopic (exact) mass is 322 g/mol. The van der Waals surface area contributed by atoms with E-state index in [4.69, 9.17) is 9.47 Å². The zero-order valence-corrected chi connectivity index (χ0v) is 13.6. The molecule has 122 valence electrons. The highest BCUT2D eigenvalue weighted by atomic mass is 16.5. The number of nitrogens with zero attached hydrogens (tertiary/aromatic N) is 1. The van der Waals surface area contributed by atoms with Crippen LogP contribution in [0, 0.1) is 6.92 Å². The highest BCUT2D eigenvalue weighted by Gasteiger charge is 2.11. The second kappa shape index (κ2) is 7.00. The second-order valence-electron chi connectivity index (χ2n) is 5.32. The van der Waals surface area contributed by atoms with Crippen LogP contribution in [0.1, 0.15) is 5.69 Å². The lowest BCUT2D eigenvalue weighted by molar-refractivity contribution is -0.118. The predicted molar refractivity (Wildman–Crippen MR) is 93.6 cm³/mol. The Labute approximate surface area is 140 Å². The Morgan fingerprint density at radius 1 is 1.12 bits per heavy atom.